The Morgan fingerprint density at radius 3 is 1.33 bits per heavy atom. The number of amides is 1. The number of unbranched alkanes of at least 4 members (excludes halogenated alkanes) is 23. The molecular weight excluding hydrogens is 876 g/mol. The number of hydrogen-bond acceptors (Lipinski definition) is 5. The van der Waals surface area contributed by atoms with E-state index in [9.17, 15) is 19.4 Å². The normalized spacial score (nSPS) is 14.7. The number of carbonyl (C=O) groups is 1. The molecule has 8 nitrogen and oxygen atoms in total. The van der Waals surface area contributed by atoms with Crippen LogP contribution in [0.3, 0.4) is 0 Å². The molecule has 0 radical (unpaired) electrons. The number of likely N-dealkylation sites (N-methyl/N-ethyl adjacent to an activating group) is 1. The van der Waals surface area contributed by atoms with E-state index in [0.29, 0.717) is 17.4 Å². The number of quaternary nitrogens is 1. The van der Waals surface area contributed by atoms with Crippen LogP contribution in [0.2, 0.25) is 0 Å². The molecule has 0 fully saturated rings. The molecule has 3 atom stereocenters. The van der Waals surface area contributed by atoms with Gasteiger partial charge in [-0.2, -0.15) is 0 Å². The van der Waals surface area contributed by atoms with Crippen molar-refractivity contribution < 1.29 is 32.9 Å². The number of phosphoric ester groups is 1. The third kappa shape index (κ3) is 53.1. The van der Waals surface area contributed by atoms with Crippen molar-refractivity contribution in [3.05, 3.63) is 97.2 Å². The Hall–Kier alpha value is -2.58. The van der Waals surface area contributed by atoms with Crippen molar-refractivity contribution in [1.82, 2.24) is 5.32 Å². The fourth-order valence-corrected chi connectivity index (χ4v) is 8.37. The van der Waals surface area contributed by atoms with E-state index in [2.05, 4.69) is 104 Å². The SMILES string of the molecule is CC/C=C\C/C=C\C/C=C\C/C=C\C/C=C\CCCCCCCCCCCCCCCC(=O)NC(COP(=O)(O)OCC[N+](C)(C)C)C(O)/C=C/CC/C=C/CC/C=C/CCCCCCCCCC. The van der Waals surface area contributed by atoms with Gasteiger partial charge < -0.3 is 19.8 Å². The third-order valence-electron chi connectivity index (χ3n) is 12.0. The van der Waals surface area contributed by atoms with Crippen LogP contribution in [0.15, 0.2) is 97.2 Å². The maximum Gasteiger partial charge on any atom is 0.472 e. The second-order valence-electron chi connectivity index (χ2n) is 19.9. The van der Waals surface area contributed by atoms with Gasteiger partial charge in [0.25, 0.3) is 0 Å². The lowest BCUT2D eigenvalue weighted by atomic mass is 10.0. The summed E-state index contributed by atoms with van der Waals surface area (Å²) in [6, 6.07) is -0.876. The van der Waals surface area contributed by atoms with Crippen LogP contribution in [0, 0.1) is 0 Å². The Balaban J connectivity index is 4.25. The predicted molar refractivity (Wildman–Crippen MR) is 299 cm³/mol. The summed E-state index contributed by atoms with van der Waals surface area (Å²) in [4.78, 5) is 23.3. The number of hydrogen-bond donors (Lipinski definition) is 3. The topological polar surface area (TPSA) is 105 Å². The maximum atomic E-state index is 13.0. The molecule has 3 unspecified atom stereocenters. The molecule has 9 heteroatoms. The number of nitrogens with one attached hydrogen (secondary N) is 1. The monoisotopic (exact) mass is 984 g/mol. The molecule has 0 aliphatic rings. The molecule has 398 valence electrons. The molecule has 0 bridgehead atoms. The molecule has 0 rings (SSSR count). The van der Waals surface area contributed by atoms with Crippen LogP contribution >= 0.6 is 7.82 Å². The summed E-state index contributed by atoms with van der Waals surface area (Å²) in [5.41, 5.74) is 0. The summed E-state index contributed by atoms with van der Waals surface area (Å²) in [5.74, 6) is -0.196. The zero-order valence-corrected chi connectivity index (χ0v) is 46.2. The third-order valence-corrected chi connectivity index (χ3v) is 13.0. The van der Waals surface area contributed by atoms with Crippen molar-refractivity contribution in [3.63, 3.8) is 0 Å². The Labute approximate surface area is 426 Å². The van der Waals surface area contributed by atoms with Crippen LogP contribution in [0.1, 0.15) is 226 Å². The minimum atomic E-state index is -4.36. The van der Waals surface area contributed by atoms with Crippen molar-refractivity contribution in [2.45, 2.75) is 238 Å². The number of rotatable bonds is 50. The second kappa shape index (κ2) is 50.4. The molecule has 0 aromatic carbocycles. The highest BCUT2D eigenvalue weighted by Crippen LogP contribution is 2.43. The van der Waals surface area contributed by atoms with Gasteiger partial charge in [-0.25, -0.2) is 4.57 Å². The number of aliphatic hydroxyl groups excluding tert-OH is 1. The smallest absolute Gasteiger partial charge is 0.387 e. The fourth-order valence-electron chi connectivity index (χ4n) is 7.63. The second-order valence-corrected chi connectivity index (χ2v) is 21.4. The van der Waals surface area contributed by atoms with E-state index in [4.69, 9.17) is 9.05 Å². The van der Waals surface area contributed by atoms with Gasteiger partial charge in [-0.1, -0.05) is 227 Å². The molecule has 0 aromatic rings. The van der Waals surface area contributed by atoms with Gasteiger partial charge in [-0.15, -0.1) is 0 Å². The Morgan fingerprint density at radius 2 is 0.884 bits per heavy atom. The Bertz CT molecular complexity index is 1440. The molecule has 0 aliphatic heterocycles. The van der Waals surface area contributed by atoms with Crippen LogP contribution < -0.4 is 5.32 Å². The highest BCUT2D eigenvalue weighted by molar-refractivity contribution is 7.47. The summed E-state index contributed by atoms with van der Waals surface area (Å²) < 4.78 is 23.7. The molecule has 69 heavy (non-hydrogen) atoms. The van der Waals surface area contributed by atoms with Gasteiger partial charge in [0.15, 0.2) is 0 Å². The zero-order valence-electron chi connectivity index (χ0n) is 45.3. The fraction of sp³-hybridized carbons (Fsp3) is 0.717. The summed E-state index contributed by atoms with van der Waals surface area (Å²) >= 11 is 0. The van der Waals surface area contributed by atoms with Crippen molar-refractivity contribution >= 4 is 13.7 Å². The Kier molecular flexibility index (Phi) is 48.5. The van der Waals surface area contributed by atoms with E-state index >= 15 is 0 Å². The first kappa shape index (κ1) is 66.4. The molecule has 1 amide bonds. The highest BCUT2D eigenvalue weighted by atomic mass is 31.2. The molecule has 0 saturated carbocycles. The molecule has 0 heterocycles. The summed E-state index contributed by atoms with van der Waals surface area (Å²) in [6.45, 7) is 4.67. The lowest BCUT2D eigenvalue weighted by Crippen LogP contribution is -2.45. The summed E-state index contributed by atoms with van der Waals surface area (Å²) in [6.07, 6.45) is 72.2. The molecule has 0 spiro atoms. The molecule has 0 saturated heterocycles. The van der Waals surface area contributed by atoms with E-state index in [1.165, 1.54) is 128 Å². The highest BCUT2D eigenvalue weighted by Gasteiger charge is 2.27. The van der Waals surface area contributed by atoms with Crippen molar-refractivity contribution in [1.29, 1.82) is 0 Å². The van der Waals surface area contributed by atoms with Crippen LogP contribution in [0.4, 0.5) is 0 Å². The molecule has 0 aromatic heterocycles. The quantitative estimate of drug-likeness (QED) is 0.0243. The number of carbonyl (C=O) groups excluding carboxylic acids is 1. The van der Waals surface area contributed by atoms with Crippen LogP contribution in [0.25, 0.3) is 0 Å². The number of phosphoric acid groups is 1. The van der Waals surface area contributed by atoms with Gasteiger partial charge in [0.2, 0.25) is 5.91 Å². The van der Waals surface area contributed by atoms with Crippen molar-refractivity contribution in [2.24, 2.45) is 0 Å². The van der Waals surface area contributed by atoms with Crippen molar-refractivity contribution in [2.75, 3.05) is 40.9 Å². The van der Waals surface area contributed by atoms with Gasteiger partial charge in [0.1, 0.15) is 13.2 Å². The molecule has 3 N–H and O–H groups in total. The first-order valence-corrected chi connectivity index (χ1v) is 29.6. The number of allylic oxidation sites excluding steroid dienone is 15. The van der Waals surface area contributed by atoms with E-state index in [1.54, 1.807) is 6.08 Å². The molecule has 0 aliphatic carbocycles. The first-order chi connectivity index (χ1) is 33.5. The lowest BCUT2D eigenvalue weighted by Gasteiger charge is -2.25. The summed E-state index contributed by atoms with van der Waals surface area (Å²) in [5, 5.41) is 13.9. The van der Waals surface area contributed by atoms with Crippen LogP contribution in [-0.2, 0) is 18.4 Å². The maximum absolute atomic E-state index is 13.0. The minimum Gasteiger partial charge on any atom is -0.387 e. The van der Waals surface area contributed by atoms with Crippen LogP contribution in [-0.4, -0.2) is 73.4 Å². The van der Waals surface area contributed by atoms with E-state index in [1.807, 2.05) is 27.2 Å². The number of nitrogens with zero attached hydrogens (tertiary/aromatic N) is 1. The van der Waals surface area contributed by atoms with Crippen LogP contribution in [0.5, 0.6) is 0 Å². The first-order valence-electron chi connectivity index (χ1n) is 28.1. The van der Waals surface area contributed by atoms with Gasteiger partial charge >= 0.3 is 7.82 Å². The van der Waals surface area contributed by atoms with Crippen molar-refractivity contribution in [3.8, 4) is 0 Å². The number of aliphatic hydroxyl groups is 1. The predicted octanol–water partition coefficient (Wildman–Crippen LogP) is 17.0. The van der Waals surface area contributed by atoms with E-state index in [0.717, 1.165) is 77.0 Å². The average Bonchev–Trinajstić information content (AvgIpc) is 3.31. The standard InChI is InChI=1S/C60H107N2O6P/c1-6-8-10-12-14-16-18-20-22-24-26-27-28-29-30-31-32-33-34-35-36-38-40-42-44-46-48-50-52-54-60(64)61-58(57-68-69(65,66)67-56-55-62(3,4)5)59(63)53-51-49-47-45-43-41-39-37-25-23-21-19-17-15-13-11-9-7-2/h8,10,14,16,20,22,25-27,29-30,37,43,45,51,53,58-59,63H,6-7,9,11-13,15,17-19,21,23-24,28,31-36,38-42,44,46-50,52,54-57H2,1-5H3,(H-,61,64,65,66)/p+1/b10-8-,16-14-,22-20-,27-26-,30-29-,37-25+,45-43+,53-51+. The zero-order chi connectivity index (χ0) is 50.6. The van der Waals surface area contributed by atoms with E-state index < -0.39 is 20.0 Å². The van der Waals surface area contributed by atoms with Gasteiger partial charge in [0.05, 0.1) is 39.9 Å². The molecular formula is C60H108N2O6P+. The van der Waals surface area contributed by atoms with Gasteiger partial charge in [-0.3, -0.25) is 13.8 Å². The minimum absolute atomic E-state index is 0.0494. The Morgan fingerprint density at radius 1 is 0.507 bits per heavy atom. The van der Waals surface area contributed by atoms with Gasteiger partial charge in [0, 0.05) is 6.42 Å². The lowest BCUT2D eigenvalue weighted by molar-refractivity contribution is -0.870. The van der Waals surface area contributed by atoms with Gasteiger partial charge in [-0.05, 0) is 89.9 Å². The summed E-state index contributed by atoms with van der Waals surface area (Å²) in [7, 11) is 1.54. The largest absolute Gasteiger partial charge is 0.472 e. The average molecular weight is 985 g/mol. The van der Waals surface area contributed by atoms with E-state index in [-0.39, 0.29) is 19.1 Å².